The SMILES string of the molecule is CCN(C)C(=O)NC[C@@H]1CCCc2cc(OC)ccc21. The zero-order valence-corrected chi connectivity index (χ0v) is 12.6. The van der Waals surface area contributed by atoms with Crippen LogP contribution in [0.2, 0.25) is 0 Å². The number of ether oxygens (including phenoxy) is 1. The van der Waals surface area contributed by atoms with E-state index in [1.165, 1.54) is 17.5 Å². The summed E-state index contributed by atoms with van der Waals surface area (Å²) in [6, 6.07) is 6.29. The molecule has 20 heavy (non-hydrogen) atoms. The molecule has 1 aromatic carbocycles. The molecule has 0 radical (unpaired) electrons. The second kappa shape index (κ2) is 6.64. The van der Waals surface area contributed by atoms with Gasteiger partial charge in [0.15, 0.2) is 0 Å². The number of hydrogen-bond acceptors (Lipinski definition) is 2. The topological polar surface area (TPSA) is 41.6 Å². The third-order valence-electron chi connectivity index (χ3n) is 4.11. The lowest BCUT2D eigenvalue weighted by atomic mass is 9.82. The Morgan fingerprint density at radius 2 is 2.30 bits per heavy atom. The lowest BCUT2D eigenvalue weighted by Gasteiger charge is -2.27. The molecule has 0 heterocycles. The van der Waals surface area contributed by atoms with Gasteiger partial charge in [-0.25, -0.2) is 4.79 Å². The van der Waals surface area contributed by atoms with Crippen molar-refractivity contribution >= 4 is 6.03 Å². The van der Waals surface area contributed by atoms with Crippen molar-refractivity contribution in [2.75, 3.05) is 27.2 Å². The second-order valence-electron chi connectivity index (χ2n) is 5.35. The average Bonchev–Trinajstić information content (AvgIpc) is 2.50. The summed E-state index contributed by atoms with van der Waals surface area (Å²) in [5.41, 5.74) is 2.72. The quantitative estimate of drug-likeness (QED) is 0.918. The number of carbonyl (C=O) groups excluding carboxylic acids is 1. The zero-order valence-electron chi connectivity index (χ0n) is 12.6. The molecule has 0 aromatic heterocycles. The van der Waals surface area contributed by atoms with E-state index in [-0.39, 0.29) is 6.03 Å². The van der Waals surface area contributed by atoms with E-state index in [0.29, 0.717) is 12.5 Å². The Morgan fingerprint density at radius 3 is 3.00 bits per heavy atom. The molecule has 1 N–H and O–H groups in total. The van der Waals surface area contributed by atoms with Crippen LogP contribution < -0.4 is 10.1 Å². The molecule has 0 saturated heterocycles. The first kappa shape index (κ1) is 14.7. The Balaban J connectivity index is 2.03. The van der Waals surface area contributed by atoms with Crippen LogP contribution in [0, 0.1) is 0 Å². The minimum absolute atomic E-state index is 0.00753. The van der Waals surface area contributed by atoms with Crippen molar-refractivity contribution in [3.63, 3.8) is 0 Å². The van der Waals surface area contributed by atoms with Crippen LogP contribution in [-0.4, -0.2) is 38.2 Å². The molecule has 1 atom stereocenters. The Kier molecular flexibility index (Phi) is 4.88. The third-order valence-corrected chi connectivity index (χ3v) is 4.11. The number of urea groups is 1. The van der Waals surface area contributed by atoms with Crippen LogP contribution in [0.5, 0.6) is 5.75 Å². The van der Waals surface area contributed by atoms with E-state index in [4.69, 9.17) is 4.74 Å². The minimum Gasteiger partial charge on any atom is -0.497 e. The fraction of sp³-hybridized carbons (Fsp3) is 0.562. The molecule has 4 nitrogen and oxygen atoms in total. The fourth-order valence-electron chi connectivity index (χ4n) is 2.72. The fourth-order valence-corrected chi connectivity index (χ4v) is 2.72. The maximum atomic E-state index is 11.8. The summed E-state index contributed by atoms with van der Waals surface area (Å²) in [4.78, 5) is 13.5. The standard InChI is InChI=1S/C16H24N2O2/c1-4-18(2)16(19)17-11-13-7-5-6-12-10-14(20-3)8-9-15(12)13/h8-10,13H,4-7,11H2,1-3H3,(H,17,19)/t13-/m0/s1. The number of fused-ring (bicyclic) bond motifs is 1. The number of carbonyl (C=O) groups is 1. The van der Waals surface area contributed by atoms with Crippen molar-refractivity contribution in [1.29, 1.82) is 0 Å². The molecule has 2 rings (SSSR count). The van der Waals surface area contributed by atoms with Crippen LogP contribution in [0.15, 0.2) is 18.2 Å². The first-order chi connectivity index (χ1) is 9.65. The van der Waals surface area contributed by atoms with Crippen LogP contribution >= 0.6 is 0 Å². The van der Waals surface area contributed by atoms with E-state index in [1.54, 1.807) is 12.0 Å². The summed E-state index contributed by atoms with van der Waals surface area (Å²) in [5, 5.41) is 3.03. The highest BCUT2D eigenvalue weighted by molar-refractivity contribution is 5.73. The van der Waals surface area contributed by atoms with E-state index >= 15 is 0 Å². The van der Waals surface area contributed by atoms with E-state index in [1.807, 2.05) is 20.0 Å². The van der Waals surface area contributed by atoms with E-state index < -0.39 is 0 Å². The number of nitrogens with one attached hydrogen (secondary N) is 1. The summed E-state index contributed by atoms with van der Waals surface area (Å²) in [5.74, 6) is 1.33. The van der Waals surface area contributed by atoms with Gasteiger partial charge in [0.1, 0.15) is 5.75 Å². The van der Waals surface area contributed by atoms with Gasteiger partial charge in [0.25, 0.3) is 0 Å². The van der Waals surface area contributed by atoms with Crippen molar-refractivity contribution in [3.8, 4) is 5.75 Å². The van der Waals surface area contributed by atoms with E-state index in [0.717, 1.165) is 25.1 Å². The lowest BCUT2D eigenvalue weighted by Crippen LogP contribution is -2.39. The van der Waals surface area contributed by atoms with Crippen LogP contribution in [0.1, 0.15) is 36.8 Å². The van der Waals surface area contributed by atoms with Crippen molar-refractivity contribution in [1.82, 2.24) is 10.2 Å². The van der Waals surface area contributed by atoms with Crippen LogP contribution in [0.4, 0.5) is 4.79 Å². The van der Waals surface area contributed by atoms with Crippen molar-refractivity contribution in [3.05, 3.63) is 29.3 Å². The predicted molar refractivity (Wildman–Crippen MR) is 80.4 cm³/mol. The molecule has 0 spiro atoms. The number of rotatable bonds is 4. The van der Waals surface area contributed by atoms with Crippen LogP contribution in [0.25, 0.3) is 0 Å². The van der Waals surface area contributed by atoms with Gasteiger partial charge in [-0.3, -0.25) is 0 Å². The monoisotopic (exact) mass is 276 g/mol. The zero-order chi connectivity index (χ0) is 14.5. The largest absolute Gasteiger partial charge is 0.497 e. The smallest absolute Gasteiger partial charge is 0.317 e. The molecule has 1 aliphatic rings. The second-order valence-corrected chi connectivity index (χ2v) is 5.35. The van der Waals surface area contributed by atoms with Gasteiger partial charge in [-0.05, 0) is 49.4 Å². The Bertz CT molecular complexity index is 474. The summed E-state index contributed by atoms with van der Waals surface area (Å²) in [6.07, 6.45) is 3.41. The van der Waals surface area contributed by atoms with Gasteiger partial charge in [-0.1, -0.05) is 6.07 Å². The molecule has 110 valence electrons. The molecule has 1 aromatic rings. The Morgan fingerprint density at radius 1 is 1.50 bits per heavy atom. The number of methoxy groups -OCH3 is 1. The van der Waals surface area contributed by atoms with E-state index in [2.05, 4.69) is 17.4 Å². The van der Waals surface area contributed by atoms with Crippen LogP contribution in [-0.2, 0) is 6.42 Å². The summed E-state index contributed by atoms with van der Waals surface area (Å²) in [6.45, 7) is 3.41. The number of nitrogens with zero attached hydrogens (tertiary/aromatic N) is 1. The van der Waals surface area contributed by atoms with Crippen molar-refractivity contribution < 1.29 is 9.53 Å². The van der Waals surface area contributed by atoms with Gasteiger partial charge in [-0.15, -0.1) is 0 Å². The Hall–Kier alpha value is -1.71. The lowest BCUT2D eigenvalue weighted by molar-refractivity contribution is 0.210. The van der Waals surface area contributed by atoms with Gasteiger partial charge in [0.2, 0.25) is 0 Å². The van der Waals surface area contributed by atoms with Gasteiger partial charge >= 0.3 is 6.03 Å². The third kappa shape index (κ3) is 3.24. The molecular formula is C16H24N2O2. The number of benzene rings is 1. The number of hydrogen-bond donors (Lipinski definition) is 1. The first-order valence-electron chi connectivity index (χ1n) is 7.31. The summed E-state index contributed by atoms with van der Waals surface area (Å²) < 4.78 is 5.28. The van der Waals surface area contributed by atoms with Gasteiger partial charge < -0.3 is 15.0 Å². The predicted octanol–water partition coefficient (Wildman–Crippen LogP) is 2.78. The van der Waals surface area contributed by atoms with E-state index in [9.17, 15) is 4.79 Å². The van der Waals surface area contributed by atoms with Gasteiger partial charge in [0.05, 0.1) is 7.11 Å². The molecule has 1 aliphatic carbocycles. The van der Waals surface area contributed by atoms with Gasteiger partial charge in [0, 0.05) is 26.1 Å². The van der Waals surface area contributed by atoms with Crippen molar-refractivity contribution in [2.24, 2.45) is 0 Å². The molecule has 0 unspecified atom stereocenters. The normalized spacial score (nSPS) is 17.2. The summed E-state index contributed by atoms with van der Waals surface area (Å²) >= 11 is 0. The average molecular weight is 276 g/mol. The molecule has 0 aliphatic heterocycles. The highest BCUT2D eigenvalue weighted by atomic mass is 16.5. The molecule has 0 fully saturated rings. The van der Waals surface area contributed by atoms with Gasteiger partial charge in [-0.2, -0.15) is 0 Å². The maximum absolute atomic E-state index is 11.8. The number of aryl methyl sites for hydroxylation is 1. The molecule has 2 amide bonds. The minimum atomic E-state index is 0.00753. The number of amides is 2. The molecule has 0 saturated carbocycles. The molecule has 4 heteroatoms. The first-order valence-corrected chi connectivity index (χ1v) is 7.31. The Labute approximate surface area is 121 Å². The molecule has 0 bridgehead atoms. The summed E-state index contributed by atoms with van der Waals surface area (Å²) in [7, 11) is 3.51. The maximum Gasteiger partial charge on any atom is 0.317 e. The van der Waals surface area contributed by atoms with Crippen LogP contribution in [0.3, 0.4) is 0 Å². The highest BCUT2D eigenvalue weighted by Gasteiger charge is 2.21. The molecular weight excluding hydrogens is 252 g/mol. The highest BCUT2D eigenvalue weighted by Crippen LogP contribution is 2.33. The van der Waals surface area contributed by atoms with Crippen molar-refractivity contribution in [2.45, 2.75) is 32.1 Å².